The molecule has 4 heteroatoms. The van der Waals surface area contributed by atoms with E-state index in [9.17, 15) is 4.79 Å². The lowest BCUT2D eigenvalue weighted by Gasteiger charge is -2.00. The molecule has 0 saturated heterocycles. The standard InChI is InChI=1S/C11H9Cl2NO/c1-2-3-4-5-10(15)11-9(13)6-8(12)7-14-11/h6-7H,4-5H2,1H3. The summed E-state index contributed by atoms with van der Waals surface area (Å²) in [6, 6.07) is 1.51. The molecular formula is C11H9Cl2NO. The van der Waals surface area contributed by atoms with Crippen LogP contribution in [0.2, 0.25) is 10.0 Å². The third kappa shape index (κ3) is 3.54. The number of nitrogens with zero attached hydrogens (tertiary/aromatic N) is 1. The Hall–Kier alpha value is -1.04. The van der Waals surface area contributed by atoms with Gasteiger partial charge in [0, 0.05) is 19.0 Å². The maximum Gasteiger partial charge on any atom is 0.183 e. The van der Waals surface area contributed by atoms with Crippen LogP contribution in [-0.4, -0.2) is 10.8 Å². The molecule has 0 aliphatic heterocycles. The van der Waals surface area contributed by atoms with E-state index in [0.29, 0.717) is 17.9 Å². The zero-order valence-corrected chi connectivity index (χ0v) is 9.69. The van der Waals surface area contributed by atoms with Crippen LogP contribution in [0.5, 0.6) is 0 Å². The molecule has 1 heterocycles. The van der Waals surface area contributed by atoms with Crippen molar-refractivity contribution in [2.24, 2.45) is 0 Å². The van der Waals surface area contributed by atoms with Crippen molar-refractivity contribution in [3.05, 3.63) is 28.0 Å². The van der Waals surface area contributed by atoms with Gasteiger partial charge in [-0.25, -0.2) is 0 Å². The fourth-order valence-corrected chi connectivity index (χ4v) is 1.52. The first-order valence-electron chi connectivity index (χ1n) is 4.39. The van der Waals surface area contributed by atoms with Crippen LogP contribution in [-0.2, 0) is 0 Å². The van der Waals surface area contributed by atoms with Crippen molar-refractivity contribution in [3.63, 3.8) is 0 Å². The Balaban J connectivity index is 2.76. The van der Waals surface area contributed by atoms with Crippen LogP contribution >= 0.6 is 23.2 Å². The van der Waals surface area contributed by atoms with Gasteiger partial charge in [0.1, 0.15) is 5.69 Å². The molecule has 0 unspecified atom stereocenters. The van der Waals surface area contributed by atoms with E-state index in [1.807, 2.05) is 0 Å². The predicted molar refractivity (Wildman–Crippen MR) is 61.3 cm³/mol. The Morgan fingerprint density at radius 1 is 1.53 bits per heavy atom. The van der Waals surface area contributed by atoms with Gasteiger partial charge in [-0.1, -0.05) is 23.2 Å². The summed E-state index contributed by atoms with van der Waals surface area (Å²) in [7, 11) is 0. The van der Waals surface area contributed by atoms with E-state index in [4.69, 9.17) is 23.2 Å². The number of Topliss-reactive ketones (excluding diaryl/α,β-unsaturated/α-hetero) is 1. The summed E-state index contributed by atoms with van der Waals surface area (Å²) in [6.07, 6.45) is 2.26. The molecule has 0 aliphatic carbocycles. The normalized spacial score (nSPS) is 9.27. The van der Waals surface area contributed by atoms with Gasteiger partial charge >= 0.3 is 0 Å². The number of hydrogen-bond donors (Lipinski definition) is 0. The third-order valence-corrected chi connectivity index (χ3v) is 2.22. The maximum absolute atomic E-state index is 11.6. The molecule has 1 aromatic rings. The number of rotatable bonds is 3. The highest BCUT2D eigenvalue weighted by Crippen LogP contribution is 2.19. The molecular weight excluding hydrogens is 233 g/mol. The summed E-state index contributed by atoms with van der Waals surface area (Å²) in [4.78, 5) is 15.5. The number of aromatic nitrogens is 1. The summed E-state index contributed by atoms with van der Waals surface area (Å²) < 4.78 is 0. The Morgan fingerprint density at radius 2 is 2.27 bits per heavy atom. The highest BCUT2D eigenvalue weighted by atomic mass is 35.5. The van der Waals surface area contributed by atoms with Gasteiger partial charge in [0.2, 0.25) is 0 Å². The topological polar surface area (TPSA) is 30.0 Å². The van der Waals surface area contributed by atoms with Crippen LogP contribution < -0.4 is 0 Å². The molecule has 0 N–H and O–H groups in total. The average Bonchev–Trinajstić information content (AvgIpc) is 2.17. The van der Waals surface area contributed by atoms with E-state index in [1.165, 1.54) is 12.3 Å². The van der Waals surface area contributed by atoms with Gasteiger partial charge in [-0.05, 0) is 13.0 Å². The quantitative estimate of drug-likeness (QED) is 0.600. The molecule has 78 valence electrons. The Kier molecular flexibility index (Phi) is 4.61. The molecule has 0 aromatic carbocycles. The second-order valence-electron chi connectivity index (χ2n) is 2.83. The zero-order chi connectivity index (χ0) is 11.3. The van der Waals surface area contributed by atoms with Crippen LogP contribution in [0.25, 0.3) is 0 Å². The summed E-state index contributed by atoms with van der Waals surface area (Å²) in [5.41, 5.74) is 0.263. The SMILES string of the molecule is CC#CCCC(=O)c1ncc(Cl)cc1Cl. The van der Waals surface area contributed by atoms with Crippen molar-refractivity contribution in [1.82, 2.24) is 4.98 Å². The first-order chi connectivity index (χ1) is 7.15. The lowest BCUT2D eigenvalue weighted by atomic mass is 10.1. The lowest BCUT2D eigenvalue weighted by molar-refractivity contribution is 0.0979. The van der Waals surface area contributed by atoms with Crippen LogP contribution in [0.1, 0.15) is 30.3 Å². The van der Waals surface area contributed by atoms with E-state index in [-0.39, 0.29) is 16.5 Å². The number of carbonyl (C=O) groups is 1. The Bertz CT molecular complexity index is 432. The smallest absolute Gasteiger partial charge is 0.183 e. The molecule has 0 fully saturated rings. The van der Waals surface area contributed by atoms with Crippen molar-refractivity contribution in [2.45, 2.75) is 19.8 Å². The Labute approximate surface area is 98.6 Å². The molecule has 0 spiro atoms. The predicted octanol–water partition coefficient (Wildman–Crippen LogP) is 3.37. The monoisotopic (exact) mass is 241 g/mol. The van der Waals surface area contributed by atoms with Crippen molar-refractivity contribution >= 4 is 29.0 Å². The van der Waals surface area contributed by atoms with Crippen molar-refractivity contribution in [1.29, 1.82) is 0 Å². The zero-order valence-electron chi connectivity index (χ0n) is 8.18. The van der Waals surface area contributed by atoms with Gasteiger partial charge in [0.05, 0.1) is 10.0 Å². The summed E-state index contributed by atoms with van der Waals surface area (Å²) in [6.45, 7) is 1.73. The van der Waals surface area contributed by atoms with Gasteiger partial charge in [0.15, 0.2) is 5.78 Å². The molecule has 0 amide bonds. The second-order valence-corrected chi connectivity index (χ2v) is 3.68. The lowest BCUT2D eigenvalue weighted by Crippen LogP contribution is -2.02. The second kappa shape index (κ2) is 5.75. The van der Waals surface area contributed by atoms with E-state index >= 15 is 0 Å². The van der Waals surface area contributed by atoms with Gasteiger partial charge in [-0.3, -0.25) is 9.78 Å². The highest BCUT2D eigenvalue weighted by Gasteiger charge is 2.11. The molecule has 0 saturated carbocycles. The largest absolute Gasteiger partial charge is 0.292 e. The summed E-state index contributed by atoms with van der Waals surface area (Å²) in [5.74, 6) is 5.42. The van der Waals surface area contributed by atoms with E-state index < -0.39 is 0 Å². The fraction of sp³-hybridized carbons (Fsp3) is 0.273. The molecule has 0 aliphatic rings. The van der Waals surface area contributed by atoms with Crippen LogP contribution in [0.4, 0.5) is 0 Å². The molecule has 2 nitrogen and oxygen atoms in total. The van der Waals surface area contributed by atoms with Crippen molar-refractivity contribution < 1.29 is 4.79 Å². The minimum absolute atomic E-state index is 0.112. The number of pyridine rings is 1. The third-order valence-electron chi connectivity index (χ3n) is 1.73. The van der Waals surface area contributed by atoms with E-state index in [1.54, 1.807) is 6.92 Å². The van der Waals surface area contributed by atoms with Crippen LogP contribution in [0.3, 0.4) is 0 Å². The van der Waals surface area contributed by atoms with Gasteiger partial charge in [-0.2, -0.15) is 0 Å². The Morgan fingerprint density at radius 3 is 2.87 bits per heavy atom. The minimum Gasteiger partial charge on any atom is -0.292 e. The maximum atomic E-state index is 11.6. The fourth-order valence-electron chi connectivity index (χ4n) is 1.04. The molecule has 15 heavy (non-hydrogen) atoms. The van der Waals surface area contributed by atoms with Gasteiger partial charge in [0.25, 0.3) is 0 Å². The van der Waals surface area contributed by atoms with Crippen molar-refractivity contribution in [3.8, 4) is 11.8 Å². The molecule has 0 atom stereocenters. The first-order valence-corrected chi connectivity index (χ1v) is 5.14. The van der Waals surface area contributed by atoms with Gasteiger partial charge < -0.3 is 0 Å². The molecule has 0 bridgehead atoms. The van der Waals surface area contributed by atoms with E-state index in [2.05, 4.69) is 16.8 Å². The number of ketones is 1. The summed E-state index contributed by atoms with van der Waals surface area (Å²) in [5, 5.41) is 0.710. The molecule has 1 rings (SSSR count). The summed E-state index contributed by atoms with van der Waals surface area (Å²) >= 11 is 11.5. The number of halogens is 2. The highest BCUT2D eigenvalue weighted by molar-refractivity contribution is 6.36. The number of carbonyl (C=O) groups excluding carboxylic acids is 1. The van der Waals surface area contributed by atoms with E-state index in [0.717, 1.165) is 0 Å². The minimum atomic E-state index is -0.112. The molecule has 1 aromatic heterocycles. The van der Waals surface area contributed by atoms with Crippen molar-refractivity contribution in [2.75, 3.05) is 0 Å². The van der Waals surface area contributed by atoms with Gasteiger partial charge in [-0.15, -0.1) is 11.8 Å². The number of hydrogen-bond acceptors (Lipinski definition) is 2. The van der Waals surface area contributed by atoms with Crippen LogP contribution in [0.15, 0.2) is 12.3 Å². The molecule has 0 radical (unpaired) electrons. The van der Waals surface area contributed by atoms with Crippen LogP contribution in [0, 0.1) is 11.8 Å². The average molecular weight is 242 g/mol. The first kappa shape index (κ1) is 12.0.